The fourth-order valence-corrected chi connectivity index (χ4v) is 5.03. The molecule has 1 saturated heterocycles. The molecule has 136 valence electrons. The fourth-order valence-electron chi connectivity index (χ4n) is 3.58. The highest BCUT2D eigenvalue weighted by Crippen LogP contribution is 2.27. The third kappa shape index (κ3) is 3.41. The van der Waals surface area contributed by atoms with Gasteiger partial charge in [0.05, 0.1) is 16.9 Å². The molecule has 3 nitrogen and oxygen atoms in total. The Morgan fingerprint density at radius 3 is 2.62 bits per heavy atom. The van der Waals surface area contributed by atoms with Gasteiger partial charge in [-0.2, -0.15) is 0 Å². The minimum atomic E-state index is 0.763. The highest BCUT2D eigenvalue weighted by atomic mass is 35.5. The van der Waals surface area contributed by atoms with Gasteiger partial charge in [0, 0.05) is 36.9 Å². The van der Waals surface area contributed by atoms with Crippen LogP contribution in [0.15, 0.2) is 36.4 Å². The number of aromatic nitrogens is 1. The van der Waals surface area contributed by atoms with E-state index in [0.29, 0.717) is 0 Å². The Bertz CT molecular complexity index is 1000. The highest BCUT2D eigenvalue weighted by Gasteiger charge is 2.20. The Hall–Kier alpha value is -1.40. The second-order valence-corrected chi connectivity index (χ2v) is 8.99. The minimum Gasteiger partial charge on any atom is -0.369 e. The lowest BCUT2D eigenvalue weighted by Gasteiger charge is -2.37. The fraction of sp³-hybridized carbons (Fsp3) is 0.350. The summed E-state index contributed by atoms with van der Waals surface area (Å²) in [6, 6.07) is 12.6. The summed E-state index contributed by atoms with van der Waals surface area (Å²) < 4.78 is 4.34. The molecule has 0 spiro atoms. The predicted molar refractivity (Wildman–Crippen MR) is 115 cm³/mol. The number of halogens is 1. The second kappa shape index (κ2) is 7.31. The number of benzene rings is 2. The van der Waals surface area contributed by atoms with E-state index in [-0.39, 0.29) is 0 Å². The van der Waals surface area contributed by atoms with Gasteiger partial charge >= 0.3 is 0 Å². The average molecular weight is 404 g/mol. The van der Waals surface area contributed by atoms with E-state index in [1.165, 1.54) is 21.5 Å². The molecule has 1 aliphatic rings. The first-order valence-electron chi connectivity index (χ1n) is 8.85. The first kappa shape index (κ1) is 18.0. The lowest BCUT2D eigenvalue weighted by atomic mass is 10.1. The normalized spacial score (nSPS) is 15.7. The molecule has 3 aromatic rings. The number of anilines is 1. The van der Waals surface area contributed by atoms with E-state index in [1.807, 2.05) is 12.1 Å². The molecule has 0 atom stereocenters. The molecule has 6 heteroatoms. The molecule has 1 fully saturated rings. The SMILES string of the molecule is Cc1cccc(N2CCN(Cn3c(=S)sc4ccc(Cl)cc43)CC2)c1C. The maximum Gasteiger partial charge on any atom is 0.163 e. The van der Waals surface area contributed by atoms with E-state index in [9.17, 15) is 0 Å². The van der Waals surface area contributed by atoms with Crippen LogP contribution in [0, 0.1) is 17.8 Å². The maximum atomic E-state index is 6.19. The molecule has 0 bridgehead atoms. The van der Waals surface area contributed by atoms with Gasteiger partial charge in [0.1, 0.15) is 0 Å². The molecule has 26 heavy (non-hydrogen) atoms. The van der Waals surface area contributed by atoms with Crippen LogP contribution in [-0.4, -0.2) is 35.6 Å². The topological polar surface area (TPSA) is 11.4 Å². The Morgan fingerprint density at radius 2 is 1.85 bits per heavy atom. The Labute approximate surface area is 168 Å². The number of piperazine rings is 1. The van der Waals surface area contributed by atoms with Gasteiger partial charge in [-0.1, -0.05) is 23.7 Å². The summed E-state index contributed by atoms with van der Waals surface area (Å²) in [5.74, 6) is 0. The van der Waals surface area contributed by atoms with Gasteiger partial charge < -0.3 is 9.47 Å². The van der Waals surface area contributed by atoms with Crippen molar-refractivity contribution in [2.45, 2.75) is 20.5 Å². The van der Waals surface area contributed by atoms with E-state index >= 15 is 0 Å². The Kier molecular flexibility index (Phi) is 5.06. The monoisotopic (exact) mass is 403 g/mol. The highest BCUT2D eigenvalue weighted by molar-refractivity contribution is 7.73. The van der Waals surface area contributed by atoms with Crippen molar-refractivity contribution in [2.75, 3.05) is 31.1 Å². The first-order valence-corrected chi connectivity index (χ1v) is 10.5. The van der Waals surface area contributed by atoms with Crippen molar-refractivity contribution < 1.29 is 0 Å². The van der Waals surface area contributed by atoms with Gasteiger partial charge in [-0.25, -0.2) is 0 Å². The Morgan fingerprint density at radius 1 is 1.08 bits per heavy atom. The van der Waals surface area contributed by atoms with Crippen molar-refractivity contribution >= 4 is 51.1 Å². The van der Waals surface area contributed by atoms with Crippen LogP contribution in [0.4, 0.5) is 5.69 Å². The van der Waals surface area contributed by atoms with Gasteiger partial charge in [-0.15, -0.1) is 11.3 Å². The lowest BCUT2D eigenvalue weighted by molar-refractivity contribution is 0.209. The number of hydrogen-bond donors (Lipinski definition) is 0. The standard InChI is InChI=1S/C20H22ClN3S2/c1-14-4-3-5-17(15(14)2)23-10-8-22(9-11-23)13-24-18-12-16(21)6-7-19(18)26-20(24)25/h3-7,12H,8-11,13H2,1-2H3. The molecule has 0 amide bonds. The van der Waals surface area contributed by atoms with Crippen LogP contribution in [0.2, 0.25) is 5.02 Å². The molecule has 1 aromatic heterocycles. The summed E-state index contributed by atoms with van der Waals surface area (Å²) in [6.07, 6.45) is 0. The van der Waals surface area contributed by atoms with Gasteiger partial charge in [0.15, 0.2) is 3.95 Å². The van der Waals surface area contributed by atoms with Crippen molar-refractivity contribution in [2.24, 2.45) is 0 Å². The largest absolute Gasteiger partial charge is 0.369 e. The number of rotatable bonds is 3. The van der Waals surface area contributed by atoms with Crippen LogP contribution in [0.25, 0.3) is 10.2 Å². The van der Waals surface area contributed by atoms with Crippen molar-refractivity contribution in [3.05, 3.63) is 56.5 Å². The van der Waals surface area contributed by atoms with Crippen molar-refractivity contribution in [3.63, 3.8) is 0 Å². The second-order valence-electron chi connectivity index (χ2n) is 6.87. The number of thiazole rings is 1. The lowest BCUT2D eigenvalue weighted by Crippen LogP contribution is -2.47. The van der Waals surface area contributed by atoms with Crippen LogP contribution in [0.5, 0.6) is 0 Å². The van der Waals surface area contributed by atoms with Crippen LogP contribution >= 0.6 is 35.2 Å². The van der Waals surface area contributed by atoms with Crippen LogP contribution < -0.4 is 4.90 Å². The molecule has 2 heterocycles. The van der Waals surface area contributed by atoms with Crippen LogP contribution in [0.1, 0.15) is 11.1 Å². The third-order valence-corrected chi connectivity index (χ3v) is 6.93. The first-order chi connectivity index (χ1) is 12.5. The number of fused-ring (bicyclic) bond motifs is 1. The summed E-state index contributed by atoms with van der Waals surface area (Å²) >= 11 is 13.5. The van der Waals surface area contributed by atoms with Crippen molar-refractivity contribution in [3.8, 4) is 0 Å². The van der Waals surface area contributed by atoms with Crippen LogP contribution in [0.3, 0.4) is 0 Å². The third-order valence-electron chi connectivity index (χ3n) is 5.26. The molecule has 0 saturated carbocycles. The zero-order valence-corrected chi connectivity index (χ0v) is 17.4. The van der Waals surface area contributed by atoms with Gasteiger partial charge in [-0.3, -0.25) is 4.90 Å². The smallest absolute Gasteiger partial charge is 0.163 e. The van der Waals surface area contributed by atoms with Gasteiger partial charge in [0.2, 0.25) is 0 Å². The zero-order valence-electron chi connectivity index (χ0n) is 15.0. The molecule has 0 aliphatic carbocycles. The summed E-state index contributed by atoms with van der Waals surface area (Å²) in [4.78, 5) is 4.98. The van der Waals surface area contributed by atoms with E-state index in [2.05, 4.69) is 52.5 Å². The van der Waals surface area contributed by atoms with Gasteiger partial charge in [0.25, 0.3) is 0 Å². The molecule has 0 radical (unpaired) electrons. The van der Waals surface area contributed by atoms with E-state index < -0.39 is 0 Å². The minimum absolute atomic E-state index is 0.763. The van der Waals surface area contributed by atoms with Crippen molar-refractivity contribution in [1.82, 2.24) is 9.47 Å². The van der Waals surface area contributed by atoms with E-state index in [4.69, 9.17) is 23.8 Å². The summed E-state index contributed by atoms with van der Waals surface area (Å²) in [5.41, 5.74) is 5.26. The van der Waals surface area contributed by atoms with Gasteiger partial charge in [-0.05, 0) is 61.5 Å². The van der Waals surface area contributed by atoms with E-state index in [0.717, 1.165) is 47.3 Å². The molecule has 0 unspecified atom stereocenters. The summed E-state index contributed by atoms with van der Waals surface area (Å²) in [5, 5.41) is 0.763. The zero-order chi connectivity index (χ0) is 18.3. The molecular formula is C20H22ClN3S2. The predicted octanol–water partition coefficient (Wildman–Crippen LogP) is 5.48. The molecule has 4 rings (SSSR count). The van der Waals surface area contributed by atoms with Crippen molar-refractivity contribution in [1.29, 1.82) is 0 Å². The molecule has 0 N–H and O–H groups in total. The number of nitrogens with zero attached hydrogens (tertiary/aromatic N) is 3. The maximum absolute atomic E-state index is 6.19. The molecule has 1 aliphatic heterocycles. The van der Waals surface area contributed by atoms with Crippen LogP contribution in [-0.2, 0) is 6.67 Å². The van der Waals surface area contributed by atoms with E-state index in [1.54, 1.807) is 11.3 Å². The molecule has 2 aromatic carbocycles. The molecular weight excluding hydrogens is 382 g/mol. The average Bonchev–Trinajstić information content (AvgIpc) is 2.93. The summed E-state index contributed by atoms with van der Waals surface area (Å²) in [7, 11) is 0. The Balaban J connectivity index is 1.49. The quantitative estimate of drug-likeness (QED) is 0.536. The number of hydrogen-bond acceptors (Lipinski definition) is 4. The summed E-state index contributed by atoms with van der Waals surface area (Å²) in [6.45, 7) is 9.39. The number of aryl methyl sites for hydroxylation is 1.